The van der Waals surface area contributed by atoms with Crippen molar-refractivity contribution in [1.82, 2.24) is 10.6 Å². The van der Waals surface area contributed by atoms with Crippen LogP contribution in [0.2, 0.25) is 0 Å². The fraction of sp³-hybridized carbons (Fsp3) is 0.417. The molecule has 1 fully saturated rings. The molecule has 3 nitrogen and oxygen atoms in total. The lowest BCUT2D eigenvalue weighted by molar-refractivity contribution is -0.122. The molecule has 0 saturated carbocycles. The van der Waals surface area contributed by atoms with E-state index in [9.17, 15) is 9.18 Å². The lowest BCUT2D eigenvalue weighted by Gasteiger charge is -2.22. The number of benzene rings is 1. The summed E-state index contributed by atoms with van der Waals surface area (Å²) < 4.78 is 14.3. The number of hydrogen-bond acceptors (Lipinski definition) is 3. The molecule has 0 aliphatic carbocycles. The zero-order valence-corrected chi connectivity index (χ0v) is 12.1. The third kappa shape index (κ3) is 3.70. The maximum Gasteiger partial charge on any atom is 0.238 e. The molecular formula is C12H14BrFN2OS. The Balaban J connectivity index is 1.90. The standard InChI is InChI=1S/C12H14BrFN2OS/c13-9-1-2-10(14)8(5-9)6-16-12(17)11-7-18-4-3-15-11/h1-2,5,11,15H,3-4,6-7H2,(H,16,17). The summed E-state index contributed by atoms with van der Waals surface area (Å²) in [4.78, 5) is 11.8. The van der Waals surface area contributed by atoms with Gasteiger partial charge in [-0.05, 0) is 18.2 Å². The Labute approximate surface area is 118 Å². The number of halogens is 2. The fourth-order valence-corrected chi connectivity index (χ4v) is 3.06. The van der Waals surface area contributed by atoms with Crippen molar-refractivity contribution in [3.05, 3.63) is 34.1 Å². The van der Waals surface area contributed by atoms with Crippen LogP contribution in [0, 0.1) is 5.82 Å². The zero-order chi connectivity index (χ0) is 13.0. The van der Waals surface area contributed by atoms with E-state index in [2.05, 4.69) is 26.6 Å². The Kier molecular flexibility index (Phi) is 5.03. The highest BCUT2D eigenvalue weighted by Gasteiger charge is 2.20. The second-order valence-electron chi connectivity index (χ2n) is 4.04. The van der Waals surface area contributed by atoms with Crippen LogP contribution in [0.5, 0.6) is 0 Å². The first-order valence-electron chi connectivity index (χ1n) is 5.69. The number of amides is 1. The van der Waals surface area contributed by atoms with Crippen molar-refractivity contribution >= 4 is 33.6 Å². The molecule has 1 aliphatic heterocycles. The minimum absolute atomic E-state index is 0.0680. The molecule has 1 amide bonds. The molecule has 1 atom stereocenters. The van der Waals surface area contributed by atoms with Gasteiger partial charge in [0, 0.05) is 34.6 Å². The summed E-state index contributed by atoms with van der Waals surface area (Å²) in [5, 5.41) is 5.91. The summed E-state index contributed by atoms with van der Waals surface area (Å²) in [5.74, 6) is 1.43. The molecule has 0 radical (unpaired) electrons. The smallest absolute Gasteiger partial charge is 0.238 e. The molecule has 1 unspecified atom stereocenters. The lowest BCUT2D eigenvalue weighted by atomic mass is 10.2. The average Bonchev–Trinajstić information content (AvgIpc) is 2.40. The number of carbonyl (C=O) groups is 1. The molecule has 2 rings (SSSR count). The molecule has 0 aromatic heterocycles. The molecule has 1 aromatic rings. The van der Waals surface area contributed by atoms with Gasteiger partial charge in [0.2, 0.25) is 5.91 Å². The highest BCUT2D eigenvalue weighted by Crippen LogP contribution is 2.15. The Hall–Kier alpha value is -0.590. The van der Waals surface area contributed by atoms with Crippen LogP contribution in [0.1, 0.15) is 5.56 Å². The maximum absolute atomic E-state index is 13.5. The first-order valence-corrected chi connectivity index (χ1v) is 7.64. The Morgan fingerprint density at radius 1 is 1.61 bits per heavy atom. The highest BCUT2D eigenvalue weighted by molar-refractivity contribution is 9.10. The van der Waals surface area contributed by atoms with E-state index in [0.29, 0.717) is 5.56 Å². The van der Waals surface area contributed by atoms with Gasteiger partial charge in [-0.3, -0.25) is 4.79 Å². The van der Waals surface area contributed by atoms with Gasteiger partial charge in [-0.25, -0.2) is 4.39 Å². The molecule has 2 N–H and O–H groups in total. The van der Waals surface area contributed by atoms with Crippen LogP contribution < -0.4 is 10.6 Å². The molecule has 98 valence electrons. The molecule has 0 bridgehead atoms. The van der Waals surface area contributed by atoms with Crippen molar-refractivity contribution in [3.63, 3.8) is 0 Å². The number of nitrogens with one attached hydrogen (secondary N) is 2. The van der Waals surface area contributed by atoms with Gasteiger partial charge in [-0.1, -0.05) is 15.9 Å². The molecular weight excluding hydrogens is 319 g/mol. The average molecular weight is 333 g/mol. The van der Waals surface area contributed by atoms with Crippen LogP contribution in [0.3, 0.4) is 0 Å². The van der Waals surface area contributed by atoms with Crippen molar-refractivity contribution in [2.24, 2.45) is 0 Å². The molecule has 1 aromatic carbocycles. The SMILES string of the molecule is O=C(NCc1cc(Br)ccc1F)C1CSCCN1. The quantitative estimate of drug-likeness (QED) is 0.888. The Morgan fingerprint density at radius 2 is 2.44 bits per heavy atom. The van der Waals surface area contributed by atoms with E-state index < -0.39 is 0 Å². The zero-order valence-electron chi connectivity index (χ0n) is 9.71. The van der Waals surface area contributed by atoms with E-state index in [1.165, 1.54) is 6.07 Å². The normalized spacial score (nSPS) is 19.6. The molecule has 6 heteroatoms. The second-order valence-corrected chi connectivity index (χ2v) is 6.10. The van der Waals surface area contributed by atoms with Gasteiger partial charge in [0.15, 0.2) is 0 Å². The van der Waals surface area contributed by atoms with E-state index in [4.69, 9.17) is 0 Å². The van der Waals surface area contributed by atoms with E-state index in [1.807, 2.05) is 0 Å². The largest absolute Gasteiger partial charge is 0.351 e. The van der Waals surface area contributed by atoms with Gasteiger partial charge in [-0.15, -0.1) is 0 Å². The van der Waals surface area contributed by atoms with Crippen LogP contribution in [-0.4, -0.2) is 30.0 Å². The minimum Gasteiger partial charge on any atom is -0.351 e. The number of rotatable bonds is 3. The van der Waals surface area contributed by atoms with E-state index in [-0.39, 0.29) is 24.3 Å². The third-order valence-electron chi connectivity index (χ3n) is 2.70. The topological polar surface area (TPSA) is 41.1 Å². The summed E-state index contributed by atoms with van der Waals surface area (Å²) in [6.07, 6.45) is 0. The summed E-state index contributed by atoms with van der Waals surface area (Å²) in [7, 11) is 0. The van der Waals surface area contributed by atoms with Crippen molar-refractivity contribution in [1.29, 1.82) is 0 Å². The van der Waals surface area contributed by atoms with Crippen LogP contribution >= 0.6 is 27.7 Å². The Morgan fingerprint density at radius 3 is 3.17 bits per heavy atom. The third-order valence-corrected chi connectivity index (χ3v) is 4.25. The summed E-state index contributed by atoms with van der Waals surface area (Å²) in [6.45, 7) is 1.06. The van der Waals surface area contributed by atoms with Gasteiger partial charge in [0.1, 0.15) is 5.82 Å². The Bertz CT molecular complexity index is 438. The predicted molar refractivity (Wildman–Crippen MR) is 75.1 cm³/mol. The van der Waals surface area contributed by atoms with Crippen LogP contribution in [-0.2, 0) is 11.3 Å². The summed E-state index contributed by atoms with van der Waals surface area (Å²) in [6, 6.07) is 4.54. The first kappa shape index (κ1) is 13.8. The molecule has 0 spiro atoms. The molecule has 1 aliphatic rings. The van der Waals surface area contributed by atoms with Crippen molar-refractivity contribution in [3.8, 4) is 0 Å². The van der Waals surface area contributed by atoms with E-state index in [1.54, 1.807) is 23.9 Å². The molecule has 1 saturated heterocycles. The van der Waals surface area contributed by atoms with Gasteiger partial charge in [-0.2, -0.15) is 11.8 Å². The summed E-state index contributed by atoms with van der Waals surface area (Å²) >= 11 is 5.04. The minimum atomic E-state index is -0.301. The van der Waals surface area contributed by atoms with Gasteiger partial charge >= 0.3 is 0 Å². The van der Waals surface area contributed by atoms with Crippen molar-refractivity contribution in [2.75, 3.05) is 18.1 Å². The van der Waals surface area contributed by atoms with Crippen LogP contribution in [0.15, 0.2) is 22.7 Å². The van der Waals surface area contributed by atoms with Crippen LogP contribution in [0.25, 0.3) is 0 Å². The fourth-order valence-electron chi connectivity index (χ4n) is 1.72. The molecule has 1 heterocycles. The first-order chi connectivity index (χ1) is 8.66. The second kappa shape index (κ2) is 6.54. The van der Waals surface area contributed by atoms with E-state index in [0.717, 1.165) is 22.5 Å². The maximum atomic E-state index is 13.5. The van der Waals surface area contributed by atoms with E-state index >= 15 is 0 Å². The van der Waals surface area contributed by atoms with Crippen molar-refractivity contribution < 1.29 is 9.18 Å². The summed E-state index contributed by atoms with van der Waals surface area (Å²) in [5.41, 5.74) is 0.487. The lowest BCUT2D eigenvalue weighted by Crippen LogP contribution is -2.48. The highest BCUT2D eigenvalue weighted by atomic mass is 79.9. The number of carbonyl (C=O) groups excluding carboxylic acids is 1. The van der Waals surface area contributed by atoms with Crippen LogP contribution in [0.4, 0.5) is 4.39 Å². The van der Waals surface area contributed by atoms with Gasteiger partial charge < -0.3 is 10.6 Å². The number of hydrogen-bond donors (Lipinski definition) is 2. The van der Waals surface area contributed by atoms with Gasteiger partial charge in [0.05, 0.1) is 6.04 Å². The predicted octanol–water partition coefficient (Wildman–Crippen LogP) is 1.91. The monoisotopic (exact) mass is 332 g/mol. The molecule has 18 heavy (non-hydrogen) atoms. The van der Waals surface area contributed by atoms with Gasteiger partial charge in [0.25, 0.3) is 0 Å². The number of thioether (sulfide) groups is 1. The van der Waals surface area contributed by atoms with Crippen molar-refractivity contribution in [2.45, 2.75) is 12.6 Å².